The lowest BCUT2D eigenvalue weighted by Gasteiger charge is -2.44. The van der Waals surface area contributed by atoms with Crippen molar-refractivity contribution in [3.05, 3.63) is 59.4 Å². The third-order valence-electron chi connectivity index (χ3n) is 6.92. The van der Waals surface area contributed by atoms with Crippen molar-refractivity contribution in [1.29, 1.82) is 5.26 Å². The second-order valence-electron chi connectivity index (χ2n) is 9.02. The normalized spacial score (nSPS) is 22.0. The van der Waals surface area contributed by atoms with Gasteiger partial charge in [0.25, 0.3) is 0 Å². The summed E-state index contributed by atoms with van der Waals surface area (Å²) in [5, 5.41) is 11.7. The Morgan fingerprint density at radius 2 is 2.03 bits per heavy atom. The summed E-state index contributed by atoms with van der Waals surface area (Å²) in [7, 11) is 0. The molecule has 0 aromatic heterocycles. The molecule has 2 atom stereocenters. The maximum atomic E-state index is 14.0. The fraction of sp³-hybridized carbons (Fsp3) is 0.440. The average Bonchev–Trinajstić information content (AvgIpc) is 3.22. The van der Waals surface area contributed by atoms with Gasteiger partial charge < -0.3 is 19.9 Å². The molecule has 2 aromatic rings. The van der Waals surface area contributed by atoms with E-state index in [2.05, 4.69) is 5.32 Å². The van der Waals surface area contributed by atoms with Gasteiger partial charge in [-0.2, -0.15) is 18.4 Å². The van der Waals surface area contributed by atoms with E-state index < -0.39 is 29.2 Å². The highest BCUT2D eigenvalue weighted by Crippen LogP contribution is 2.45. The van der Waals surface area contributed by atoms with Crippen molar-refractivity contribution in [3.8, 4) is 6.07 Å². The number of anilines is 2. The predicted octanol–water partition coefficient (Wildman–Crippen LogP) is 5.11. The number of hydrogen-bond donors (Lipinski definition) is 1. The SMILES string of the molecule is CCOC[C@@]12CCN(c3ccc(C#N)c(C(F)(F)F)c3)C[C@@H]1CN(C(=O)Nc1ccccc1F)C2. The molecule has 0 aliphatic carbocycles. The van der Waals surface area contributed by atoms with Gasteiger partial charge in [-0.1, -0.05) is 12.1 Å². The molecule has 2 amide bonds. The molecule has 2 aliphatic heterocycles. The van der Waals surface area contributed by atoms with Crippen molar-refractivity contribution < 1.29 is 27.1 Å². The Bertz CT molecular complexity index is 1130. The van der Waals surface area contributed by atoms with Crippen molar-refractivity contribution in [1.82, 2.24) is 4.90 Å². The largest absolute Gasteiger partial charge is 0.417 e. The van der Waals surface area contributed by atoms with Crippen LogP contribution in [0, 0.1) is 28.5 Å². The van der Waals surface area contributed by atoms with Crippen LogP contribution in [0.2, 0.25) is 0 Å². The van der Waals surface area contributed by atoms with E-state index in [0.717, 1.165) is 6.07 Å². The Hall–Kier alpha value is -3.32. The number of benzene rings is 2. The van der Waals surface area contributed by atoms with E-state index >= 15 is 0 Å². The topological polar surface area (TPSA) is 68.6 Å². The summed E-state index contributed by atoms with van der Waals surface area (Å²) < 4.78 is 60.2. The van der Waals surface area contributed by atoms with Gasteiger partial charge in [-0.3, -0.25) is 0 Å². The highest BCUT2D eigenvalue weighted by Gasteiger charge is 2.51. The number of para-hydroxylation sites is 1. The molecule has 1 N–H and O–H groups in total. The number of nitriles is 1. The molecule has 0 saturated carbocycles. The Balaban J connectivity index is 1.55. The maximum absolute atomic E-state index is 14.0. The van der Waals surface area contributed by atoms with E-state index in [1.54, 1.807) is 17.0 Å². The standard InChI is InChI=1S/C25H26F4N4O2/c1-2-35-16-24-9-10-32(19-8-7-17(12-30)20(11-19)25(27,28)29)13-18(24)14-33(15-24)23(34)31-22-6-4-3-5-21(22)26/h3-8,11,18H,2,9-10,13-16H2,1H3,(H,31,34)/t18-,24+/m1/s1. The zero-order valence-electron chi connectivity index (χ0n) is 19.2. The molecule has 0 bridgehead atoms. The zero-order valence-corrected chi connectivity index (χ0v) is 19.2. The summed E-state index contributed by atoms with van der Waals surface area (Å²) >= 11 is 0. The van der Waals surface area contributed by atoms with E-state index in [9.17, 15) is 22.4 Å². The molecule has 2 heterocycles. The average molecular weight is 491 g/mol. The van der Waals surface area contributed by atoms with Gasteiger partial charge in [0.15, 0.2) is 0 Å². The first-order valence-corrected chi connectivity index (χ1v) is 11.4. The molecule has 2 aromatic carbocycles. The van der Waals surface area contributed by atoms with Crippen LogP contribution in [0.5, 0.6) is 0 Å². The first kappa shape index (κ1) is 24.8. The number of alkyl halides is 3. The molecule has 35 heavy (non-hydrogen) atoms. The summed E-state index contributed by atoms with van der Waals surface area (Å²) in [6.07, 6.45) is -4.02. The van der Waals surface area contributed by atoms with Crippen molar-refractivity contribution in [3.63, 3.8) is 0 Å². The van der Waals surface area contributed by atoms with Crippen LogP contribution in [-0.2, 0) is 10.9 Å². The fourth-order valence-corrected chi connectivity index (χ4v) is 5.03. The van der Waals surface area contributed by atoms with Crippen LogP contribution >= 0.6 is 0 Å². The zero-order chi connectivity index (χ0) is 25.2. The number of carbonyl (C=O) groups is 1. The van der Waals surface area contributed by atoms with E-state index in [1.165, 1.54) is 30.3 Å². The number of nitrogens with one attached hydrogen (secondary N) is 1. The predicted molar refractivity (Wildman–Crippen MR) is 122 cm³/mol. The van der Waals surface area contributed by atoms with E-state index in [0.29, 0.717) is 51.5 Å². The van der Waals surface area contributed by atoms with Crippen molar-refractivity contribution in [2.24, 2.45) is 11.3 Å². The Morgan fingerprint density at radius 3 is 2.71 bits per heavy atom. The highest BCUT2D eigenvalue weighted by molar-refractivity contribution is 5.89. The summed E-state index contributed by atoms with van der Waals surface area (Å²) in [5.41, 5.74) is -1.25. The van der Waals surface area contributed by atoms with Gasteiger partial charge in [0, 0.05) is 49.8 Å². The number of likely N-dealkylation sites (tertiary alicyclic amines) is 1. The minimum atomic E-state index is -4.63. The number of hydrogen-bond acceptors (Lipinski definition) is 4. The maximum Gasteiger partial charge on any atom is 0.417 e. The number of rotatable bonds is 5. The quantitative estimate of drug-likeness (QED) is 0.592. The molecule has 0 spiro atoms. The summed E-state index contributed by atoms with van der Waals surface area (Å²) in [5.74, 6) is -0.590. The first-order chi connectivity index (χ1) is 16.7. The smallest absolute Gasteiger partial charge is 0.381 e. The van der Waals surface area contributed by atoms with Gasteiger partial charge in [0.2, 0.25) is 0 Å². The number of piperidine rings is 1. The second kappa shape index (κ2) is 9.74. The minimum absolute atomic E-state index is 0.0563. The van der Waals surface area contributed by atoms with Gasteiger partial charge in [0.1, 0.15) is 5.82 Å². The number of amides is 2. The lowest BCUT2D eigenvalue weighted by Crippen LogP contribution is -2.49. The number of carbonyl (C=O) groups excluding carboxylic acids is 1. The van der Waals surface area contributed by atoms with Crippen molar-refractivity contribution >= 4 is 17.4 Å². The first-order valence-electron chi connectivity index (χ1n) is 11.4. The third-order valence-corrected chi connectivity index (χ3v) is 6.92. The molecule has 2 aliphatic rings. The number of urea groups is 1. The minimum Gasteiger partial charge on any atom is -0.381 e. The molecule has 0 radical (unpaired) electrons. The molecule has 10 heteroatoms. The lowest BCUT2D eigenvalue weighted by atomic mass is 9.73. The van der Waals surface area contributed by atoms with E-state index in [4.69, 9.17) is 10.00 Å². The van der Waals surface area contributed by atoms with Crippen LogP contribution in [-0.4, -0.2) is 50.3 Å². The summed E-state index contributed by atoms with van der Waals surface area (Å²) in [6, 6.07) is 10.8. The molecule has 2 fully saturated rings. The van der Waals surface area contributed by atoms with Crippen LogP contribution in [0.1, 0.15) is 24.5 Å². The number of ether oxygens (including phenoxy) is 1. The fourth-order valence-electron chi connectivity index (χ4n) is 5.03. The van der Waals surface area contributed by atoms with Crippen LogP contribution in [0.4, 0.5) is 33.7 Å². The second-order valence-corrected chi connectivity index (χ2v) is 9.02. The van der Waals surface area contributed by atoms with Gasteiger partial charge in [0.05, 0.1) is 29.5 Å². The van der Waals surface area contributed by atoms with Crippen molar-refractivity contribution in [2.75, 3.05) is 49.6 Å². The number of nitrogens with zero attached hydrogens (tertiary/aromatic N) is 3. The Morgan fingerprint density at radius 1 is 1.26 bits per heavy atom. The molecule has 4 rings (SSSR count). The molecule has 6 nitrogen and oxygen atoms in total. The van der Waals surface area contributed by atoms with Gasteiger partial charge in [-0.25, -0.2) is 9.18 Å². The van der Waals surface area contributed by atoms with Gasteiger partial charge >= 0.3 is 12.2 Å². The lowest BCUT2D eigenvalue weighted by molar-refractivity contribution is -0.137. The van der Waals surface area contributed by atoms with Gasteiger partial charge in [-0.15, -0.1) is 0 Å². The van der Waals surface area contributed by atoms with Gasteiger partial charge in [-0.05, 0) is 43.7 Å². The molecule has 2 saturated heterocycles. The number of halogens is 4. The summed E-state index contributed by atoms with van der Waals surface area (Å²) in [4.78, 5) is 16.4. The highest BCUT2D eigenvalue weighted by atomic mass is 19.4. The molecular weight excluding hydrogens is 464 g/mol. The van der Waals surface area contributed by atoms with E-state index in [1.807, 2.05) is 11.8 Å². The monoisotopic (exact) mass is 490 g/mol. The summed E-state index contributed by atoms with van der Waals surface area (Å²) in [6.45, 7) is 4.50. The third kappa shape index (κ3) is 5.05. The molecule has 0 unspecified atom stereocenters. The Labute approximate surface area is 201 Å². The molecular formula is C25H26F4N4O2. The van der Waals surface area contributed by atoms with E-state index in [-0.39, 0.29) is 17.0 Å². The molecule has 186 valence electrons. The van der Waals surface area contributed by atoms with Crippen molar-refractivity contribution in [2.45, 2.75) is 19.5 Å². The van der Waals surface area contributed by atoms with Crippen LogP contribution in [0.25, 0.3) is 0 Å². The van der Waals surface area contributed by atoms with Crippen LogP contribution in [0.15, 0.2) is 42.5 Å². The van der Waals surface area contributed by atoms with Crippen LogP contribution < -0.4 is 10.2 Å². The number of fused-ring (bicyclic) bond motifs is 1. The Kier molecular flexibility index (Phi) is 6.90. The van der Waals surface area contributed by atoms with Crippen LogP contribution in [0.3, 0.4) is 0 Å².